The molecule has 3 aromatic carbocycles. The number of carbonyl (C=O) groups is 3. The molecule has 0 saturated carbocycles. The molecule has 4 rings (SSSR count). The number of fused-ring (bicyclic) bond motifs is 3. The molecule has 0 unspecified atom stereocenters. The summed E-state index contributed by atoms with van der Waals surface area (Å²) in [6.07, 6.45) is -0.400. The van der Waals surface area contributed by atoms with Gasteiger partial charge in [-0.2, -0.15) is 0 Å². The Hall–Kier alpha value is -3.65. The van der Waals surface area contributed by atoms with Gasteiger partial charge in [-0.05, 0) is 46.9 Å². The summed E-state index contributed by atoms with van der Waals surface area (Å²) >= 11 is 3.32. The number of nitrogens with one attached hydrogen (secondary N) is 2. The van der Waals surface area contributed by atoms with Crippen LogP contribution in [-0.2, 0) is 9.53 Å². The second-order valence-corrected chi connectivity index (χ2v) is 8.87. The molecular weight excluding hydrogens is 500 g/mol. The zero-order valence-corrected chi connectivity index (χ0v) is 20.0. The van der Waals surface area contributed by atoms with Crippen molar-refractivity contribution in [1.82, 2.24) is 5.32 Å². The van der Waals surface area contributed by atoms with E-state index in [2.05, 4.69) is 38.7 Å². The smallest absolute Gasteiger partial charge is 0.411 e. The molecule has 0 spiro atoms. The highest BCUT2D eigenvalue weighted by molar-refractivity contribution is 9.10. The highest BCUT2D eigenvalue weighted by atomic mass is 79.9. The van der Waals surface area contributed by atoms with E-state index in [1.807, 2.05) is 36.4 Å². The Morgan fingerprint density at radius 3 is 2.21 bits per heavy atom. The Kier molecular flexibility index (Phi) is 6.98. The molecule has 3 N–H and O–H groups in total. The van der Waals surface area contributed by atoms with Gasteiger partial charge < -0.3 is 15.2 Å². The van der Waals surface area contributed by atoms with Crippen LogP contribution in [0.15, 0.2) is 71.2 Å². The number of benzene rings is 3. The van der Waals surface area contributed by atoms with Gasteiger partial charge in [0.15, 0.2) is 0 Å². The van der Waals surface area contributed by atoms with Crippen LogP contribution in [0.4, 0.5) is 10.5 Å². The van der Waals surface area contributed by atoms with E-state index in [0.717, 1.165) is 22.3 Å². The van der Waals surface area contributed by atoms with Gasteiger partial charge in [0.1, 0.15) is 12.6 Å². The summed E-state index contributed by atoms with van der Waals surface area (Å²) < 4.78 is 6.11. The van der Waals surface area contributed by atoms with Gasteiger partial charge in [-0.3, -0.25) is 10.1 Å². The van der Waals surface area contributed by atoms with Gasteiger partial charge >= 0.3 is 12.1 Å². The van der Waals surface area contributed by atoms with E-state index in [4.69, 9.17) is 4.74 Å². The predicted molar refractivity (Wildman–Crippen MR) is 132 cm³/mol. The summed E-state index contributed by atoms with van der Waals surface area (Å²) in [6.45, 7) is 1.84. The van der Waals surface area contributed by atoms with Gasteiger partial charge in [0.2, 0.25) is 0 Å². The van der Waals surface area contributed by atoms with Crippen LogP contribution in [0.5, 0.6) is 0 Å². The monoisotopic (exact) mass is 522 g/mol. The highest BCUT2D eigenvalue weighted by Crippen LogP contribution is 2.44. The van der Waals surface area contributed by atoms with Crippen LogP contribution in [0.3, 0.4) is 0 Å². The molecule has 0 fully saturated rings. The minimum atomic E-state index is -1.11. The quantitative estimate of drug-likeness (QED) is 0.385. The Labute approximate surface area is 205 Å². The van der Waals surface area contributed by atoms with Crippen LogP contribution in [-0.4, -0.2) is 35.7 Å². The average Bonchev–Trinajstić information content (AvgIpc) is 3.14. The zero-order valence-electron chi connectivity index (χ0n) is 18.4. The van der Waals surface area contributed by atoms with Crippen LogP contribution in [0.25, 0.3) is 11.1 Å². The lowest BCUT2D eigenvalue weighted by atomic mass is 9.98. The van der Waals surface area contributed by atoms with Gasteiger partial charge in [-0.25, -0.2) is 9.59 Å². The number of hydrogen-bond donors (Lipinski definition) is 3. The number of amides is 2. The maximum Gasteiger partial charge on any atom is 0.411 e. The lowest BCUT2D eigenvalue weighted by molar-refractivity contribution is -0.139. The number of aliphatic carboxylic acids is 1. The molecule has 1 aliphatic rings. The third kappa shape index (κ3) is 4.97. The first kappa shape index (κ1) is 23.5. The van der Waals surface area contributed by atoms with Crippen LogP contribution < -0.4 is 10.6 Å². The van der Waals surface area contributed by atoms with E-state index in [0.29, 0.717) is 10.2 Å². The maximum atomic E-state index is 12.6. The fourth-order valence-corrected chi connectivity index (χ4v) is 4.62. The van der Waals surface area contributed by atoms with Gasteiger partial charge in [0, 0.05) is 21.6 Å². The van der Waals surface area contributed by atoms with Gasteiger partial charge in [0.25, 0.3) is 5.91 Å². The summed E-state index contributed by atoms with van der Waals surface area (Å²) in [5.41, 5.74) is 5.06. The Morgan fingerprint density at radius 2 is 1.62 bits per heavy atom. The number of carbonyl (C=O) groups excluding carboxylic acids is 2. The Balaban J connectivity index is 1.44. The first-order valence-electron chi connectivity index (χ1n) is 10.8. The molecule has 0 bridgehead atoms. The lowest BCUT2D eigenvalue weighted by Gasteiger charge is -2.15. The largest absolute Gasteiger partial charge is 0.480 e. The number of ether oxygens (including phenoxy) is 1. The lowest BCUT2D eigenvalue weighted by Crippen LogP contribution is -2.40. The molecule has 174 valence electrons. The van der Waals surface area contributed by atoms with E-state index in [1.54, 1.807) is 19.1 Å². The molecular formula is C26H23BrN2O5. The van der Waals surface area contributed by atoms with E-state index in [9.17, 15) is 19.5 Å². The van der Waals surface area contributed by atoms with Crippen molar-refractivity contribution in [1.29, 1.82) is 0 Å². The van der Waals surface area contributed by atoms with Crippen LogP contribution in [0.1, 0.15) is 40.7 Å². The molecule has 8 heteroatoms. The van der Waals surface area contributed by atoms with Crippen molar-refractivity contribution < 1.29 is 24.2 Å². The normalized spacial score (nSPS) is 12.9. The number of hydrogen-bond acceptors (Lipinski definition) is 4. The summed E-state index contributed by atoms with van der Waals surface area (Å²) in [6, 6.07) is 19.8. The summed E-state index contributed by atoms with van der Waals surface area (Å²) in [5, 5.41) is 14.3. The number of rotatable bonds is 7. The van der Waals surface area contributed by atoms with Gasteiger partial charge in [-0.1, -0.05) is 71.4 Å². The SMILES string of the molecule is CC[C@@H](NC(=O)c1cc(Br)cc(NC(=O)OCC2c3ccccc3-c3ccccc32)c1)C(=O)O. The third-order valence-corrected chi connectivity index (χ3v) is 6.22. The van der Waals surface area contributed by atoms with Crippen molar-refractivity contribution in [2.45, 2.75) is 25.3 Å². The predicted octanol–water partition coefficient (Wildman–Crippen LogP) is 5.40. The van der Waals surface area contributed by atoms with Gasteiger partial charge in [-0.15, -0.1) is 0 Å². The van der Waals surface area contributed by atoms with Gasteiger partial charge in [0.05, 0.1) is 0 Å². The molecule has 1 aliphatic carbocycles. The Morgan fingerprint density at radius 1 is 1.00 bits per heavy atom. The number of carboxylic acids is 1. The molecule has 3 aromatic rings. The number of carboxylic acid groups (broad SMARTS) is 1. The van der Waals surface area contributed by atoms with Crippen molar-refractivity contribution in [2.24, 2.45) is 0 Å². The fourth-order valence-electron chi connectivity index (χ4n) is 4.13. The maximum absolute atomic E-state index is 12.6. The second-order valence-electron chi connectivity index (χ2n) is 7.95. The first-order chi connectivity index (χ1) is 16.4. The molecule has 0 aliphatic heterocycles. The molecule has 0 radical (unpaired) electrons. The van der Waals surface area contributed by atoms with E-state index in [-0.39, 0.29) is 24.5 Å². The van der Waals surface area contributed by atoms with Crippen molar-refractivity contribution in [2.75, 3.05) is 11.9 Å². The van der Waals surface area contributed by atoms with Crippen molar-refractivity contribution in [3.63, 3.8) is 0 Å². The standard InChI is InChI=1S/C26H23BrN2O5/c1-2-23(25(31)32)29-24(30)15-11-16(27)13-17(12-15)28-26(33)34-14-22-20-9-5-3-7-18(20)19-8-4-6-10-21(19)22/h3-13,22-23H,2,14H2,1H3,(H,28,33)(H,29,30)(H,31,32)/t23-/m1/s1. The molecule has 2 amide bonds. The minimum Gasteiger partial charge on any atom is -0.480 e. The molecule has 7 nitrogen and oxygen atoms in total. The topological polar surface area (TPSA) is 105 Å². The van der Waals surface area contributed by atoms with E-state index < -0.39 is 24.0 Å². The molecule has 1 atom stereocenters. The summed E-state index contributed by atoms with van der Waals surface area (Å²) in [7, 11) is 0. The second kappa shape index (κ2) is 10.1. The summed E-state index contributed by atoms with van der Waals surface area (Å²) in [5.74, 6) is -1.72. The fraction of sp³-hybridized carbons (Fsp3) is 0.192. The number of anilines is 1. The molecule has 34 heavy (non-hydrogen) atoms. The third-order valence-electron chi connectivity index (χ3n) is 5.76. The minimum absolute atomic E-state index is 0.0657. The first-order valence-corrected chi connectivity index (χ1v) is 11.6. The number of halogens is 1. The molecule has 0 aromatic heterocycles. The molecule has 0 saturated heterocycles. The van der Waals surface area contributed by atoms with Crippen LogP contribution >= 0.6 is 15.9 Å². The highest BCUT2D eigenvalue weighted by Gasteiger charge is 2.29. The van der Waals surface area contributed by atoms with E-state index in [1.165, 1.54) is 6.07 Å². The average molecular weight is 523 g/mol. The van der Waals surface area contributed by atoms with Crippen LogP contribution in [0, 0.1) is 0 Å². The van der Waals surface area contributed by atoms with Crippen molar-refractivity contribution in [3.05, 3.63) is 87.9 Å². The molecule has 0 heterocycles. The van der Waals surface area contributed by atoms with E-state index >= 15 is 0 Å². The summed E-state index contributed by atoms with van der Waals surface area (Å²) in [4.78, 5) is 36.3. The Bertz CT molecular complexity index is 1210. The van der Waals surface area contributed by atoms with Crippen molar-refractivity contribution in [3.8, 4) is 11.1 Å². The van der Waals surface area contributed by atoms with Crippen molar-refractivity contribution >= 4 is 39.6 Å². The van der Waals surface area contributed by atoms with Crippen LogP contribution in [0.2, 0.25) is 0 Å². The zero-order chi connectivity index (χ0) is 24.2.